The summed E-state index contributed by atoms with van der Waals surface area (Å²) in [6, 6.07) is -0.131. The van der Waals surface area contributed by atoms with Gasteiger partial charge in [0.05, 0.1) is 17.4 Å². The number of hydrogen-bond donors (Lipinski definition) is 2. The number of aryl methyl sites for hydroxylation is 1. The van der Waals surface area contributed by atoms with E-state index in [2.05, 4.69) is 17.9 Å². The molecule has 2 rings (SSSR count). The highest BCUT2D eigenvalue weighted by Gasteiger charge is 2.24. The molecule has 2 amide bonds. The maximum absolute atomic E-state index is 11.2. The number of rotatable bonds is 2. The quantitative estimate of drug-likeness (QED) is 0.810. The second kappa shape index (κ2) is 5.22. The molecule has 6 heteroatoms. The first-order valence-corrected chi connectivity index (χ1v) is 6.76. The zero-order valence-corrected chi connectivity index (χ0v) is 11.8. The molecule has 0 bridgehead atoms. The molecule has 1 saturated carbocycles. The minimum absolute atomic E-state index is 0.445. The molecule has 0 spiro atoms. The highest BCUT2D eigenvalue weighted by Crippen LogP contribution is 2.33. The molecule has 1 aliphatic rings. The molecule has 1 fully saturated rings. The lowest BCUT2D eigenvalue weighted by Gasteiger charge is -2.23. The molecule has 0 unspecified atom stereocenters. The van der Waals surface area contributed by atoms with Crippen LogP contribution >= 0.6 is 12.8 Å². The number of nitrogens with zero attached hydrogens (tertiary/aromatic N) is 3. The molecule has 0 aromatic carbocycles. The Hall–Kier alpha value is -1.17. The Bertz CT molecular complexity index is 451. The number of urea groups is 1. The minimum atomic E-state index is -0.576. The standard InChI is InChI=1S/C12H20N4OS/c1-8-11(16(18)12(13)17)9(2)15(14-8)10-6-4-3-5-7-10/h10,18H,3-7H2,1-2H3,(H2,13,17). The van der Waals surface area contributed by atoms with E-state index in [9.17, 15) is 4.79 Å². The van der Waals surface area contributed by atoms with Crippen molar-refractivity contribution in [3.8, 4) is 0 Å². The van der Waals surface area contributed by atoms with Crippen molar-refractivity contribution in [2.75, 3.05) is 4.31 Å². The van der Waals surface area contributed by atoms with Crippen molar-refractivity contribution in [1.29, 1.82) is 0 Å². The van der Waals surface area contributed by atoms with E-state index in [1.807, 2.05) is 18.5 Å². The predicted molar refractivity (Wildman–Crippen MR) is 74.9 cm³/mol. The third-order valence-electron chi connectivity index (χ3n) is 3.63. The first-order chi connectivity index (χ1) is 8.52. The number of primary amides is 1. The summed E-state index contributed by atoms with van der Waals surface area (Å²) in [5, 5.41) is 4.56. The van der Waals surface area contributed by atoms with Crippen LogP contribution in [-0.2, 0) is 0 Å². The van der Waals surface area contributed by atoms with Crippen molar-refractivity contribution < 1.29 is 4.79 Å². The number of carbonyl (C=O) groups is 1. The van der Waals surface area contributed by atoms with Crippen LogP contribution in [0.15, 0.2) is 0 Å². The SMILES string of the molecule is Cc1nn(C2CCCCC2)c(C)c1N(S)C(N)=O. The molecule has 0 saturated heterocycles. The molecular weight excluding hydrogens is 248 g/mol. The van der Waals surface area contributed by atoms with Gasteiger partial charge in [0.1, 0.15) is 5.69 Å². The fourth-order valence-electron chi connectivity index (χ4n) is 2.75. The molecule has 0 atom stereocenters. The van der Waals surface area contributed by atoms with Crippen LogP contribution in [-0.4, -0.2) is 15.8 Å². The van der Waals surface area contributed by atoms with E-state index >= 15 is 0 Å². The summed E-state index contributed by atoms with van der Waals surface area (Å²) in [5.74, 6) is 0. The summed E-state index contributed by atoms with van der Waals surface area (Å²) in [6.07, 6.45) is 6.12. The van der Waals surface area contributed by atoms with Gasteiger partial charge in [0.15, 0.2) is 0 Å². The molecule has 1 heterocycles. The van der Waals surface area contributed by atoms with Gasteiger partial charge in [-0.1, -0.05) is 32.1 Å². The zero-order valence-electron chi connectivity index (χ0n) is 10.9. The van der Waals surface area contributed by atoms with Gasteiger partial charge in [-0.25, -0.2) is 9.10 Å². The smallest absolute Gasteiger partial charge is 0.329 e. The van der Waals surface area contributed by atoms with Crippen LogP contribution in [0, 0.1) is 13.8 Å². The molecule has 100 valence electrons. The third-order valence-corrected chi connectivity index (χ3v) is 4.03. The Morgan fingerprint density at radius 2 is 2.00 bits per heavy atom. The summed E-state index contributed by atoms with van der Waals surface area (Å²) >= 11 is 4.14. The Labute approximate surface area is 113 Å². The van der Waals surface area contributed by atoms with Crippen molar-refractivity contribution in [2.45, 2.75) is 52.0 Å². The monoisotopic (exact) mass is 268 g/mol. The third kappa shape index (κ3) is 2.34. The number of anilines is 1. The molecule has 1 aliphatic carbocycles. The summed E-state index contributed by atoms with van der Waals surface area (Å²) in [5.41, 5.74) is 7.75. The van der Waals surface area contributed by atoms with Crippen molar-refractivity contribution >= 4 is 24.5 Å². The van der Waals surface area contributed by atoms with E-state index in [1.54, 1.807) is 0 Å². The van der Waals surface area contributed by atoms with E-state index in [-0.39, 0.29) is 0 Å². The molecule has 0 radical (unpaired) electrons. The van der Waals surface area contributed by atoms with Crippen LogP contribution in [0.3, 0.4) is 0 Å². The molecule has 2 N–H and O–H groups in total. The van der Waals surface area contributed by atoms with Gasteiger partial charge in [-0.05, 0) is 26.7 Å². The van der Waals surface area contributed by atoms with E-state index in [0.29, 0.717) is 6.04 Å². The summed E-state index contributed by atoms with van der Waals surface area (Å²) in [4.78, 5) is 11.2. The van der Waals surface area contributed by atoms with Gasteiger partial charge in [0, 0.05) is 0 Å². The first kappa shape index (κ1) is 13.3. The van der Waals surface area contributed by atoms with Crippen molar-refractivity contribution in [1.82, 2.24) is 9.78 Å². The second-order valence-electron chi connectivity index (χ2n) is 4.91. The number of hydrogen-bond acceptors (Lipinski definition) is 3. The van der Waals surface area contributed by atoms with Crippen molar-refractivity contribution in [3.63, 3.8) is 0 Å². The topological polar surface area (TPSA) is 64.2 Å². The summed E-state index contributed by atoms with van der Waals surface area (Å²) in [6.45, 7) is 3.85. The largest absolute Gasteiger partial charge is 0.350 e. The van der Waals surface area contributed by atoms with Gasteiger partial charge in [0.2, 0.25) is 0 Å². The van der Waals surface area contributed by atoms with Crippen LogP contribution < -0.4 is 10.0 Å². The van der Waals surface area contributed by atoms with Crippen LogP contribution in [0.1, 0.15) is 49.5 Å². The Morgan fingerprint density at radius 3 is 2.56 bits per heavy atom. The number of thiol groups is 1. The normalized spacial score (nSPS) is 16.8. The lowest BCUT2D eigenvalue weighted by molar-refractivity contribution is 0.257. The van der Waals surface area contributed by atoms with Crippen LogP contribution in [0.4, 0.5) is 10.5 Å². The van der Waals surface area contributed by atoms with Crippen LogP contribution in [0.25, 0.3) is 0 Å². The van der Waals surface area contributed by atoms with Crippen LogP contribution in [0.2, 0.25) is 0 Å². The van der Waals surface area contributed by atoms with Crippen LogP contribution in [0.5, 0.6) is 0 Å². The molecule has 18 heavy (non-hydrogen) atoms. The highest BCUT2D eigenvalue weighted by molar-refractivity contribution is 7.82. The van der Waals surface area contributed by atoms with E-state index in [0.717, 1.165) is 29.9 Å². The maximum atomic E-state index is 11.2. The predicted octanol–water partition coefficient (Wildman–Crippen LogP) is 2.74. The van der Waals surface area contributed by atoms with Gasteiger partial charge in [0.25, 0.3) is 0 Å². The molecule has 1 aromatic rings. The second-order valence-corrected chi connectivity index (χ2v) is 5.31. The number of aromatic nitrogens is 2. The maximum Gasteiger partial charge on any atom is 0.329 e. The van der Waals surface area contributed by atoms with E-state index in [4.69, 9.17) is 5.73 Å². The molecular formula is C12H20N4OS. The van der Waals surface area contributed by atoms with Gasteiger partial charge in [-0.15, -0.1) is 0 Å². The molecule has 0 aliphatic heterocycles. The lowest BCUT2D eigenvalue weighted by atomic mass is 9.95. The first-order valence-electron chi connectivity index (χ1n) is 6.36. The number of carbonyl (C=O) groups excluding carboxylic acids is 1. The molecule has 5 nitrogen and oxygen atoms in total. The van der Waals surface area contributed by atoms with E-state index in [1.165, 1.54) is 23.6 Å². The minimum Gasteiger partial charge on any atom is -0.350 e. The highest BCUT2D eigenvalue weighted by atomic mass is 32.1. The number of nitrogens with two attached hydrogens (primary N) is 1. The lowest BCUT2D eigenvalue weighted by Crippen LogP contribution is -2.28. The van der Waals surface area contributed by atoms with E-state index < -0.39 is 6.03 Å². The fourth-order valence-corrected chi connectivity index (χ4v) is 3.04. The molecule has 1 aromatic heterocycles. The fraction of sp³-hybridized carbons (Fsp3) is 0.667. The Balaban J connectivity index is 2.33. The average molecular weight is 268 g/mol. The van der Waals surface area contributed by atoms with Gasteiger partial charge in [-0.3, -0.25) is 4.68 Å². The Morgan fingerprint density at radius 1 is 1.39 bits per heavy atom. The van der Waals surface area contributed by atoms with Gasteiger partial charge in [-0.2, -0.15) is 5.10 Å². The summed E-state index contributed by atoms with van der Waals surface area (Å²) < 4.78 is 3.22. The Kier molecular flexibility index (Phi) is 3.85. The summed E-state index contributed by atoms with van der Waals surface area (Å²) in [7, 11) is 0. The van der Waals surface area contributed by atoms with Crippen molar-refractivity contribution in [3.05, 3.63) is 11.4 Å². The van der Waals surface area contributed by atoms with Crippen molar-refractivity contribution in [2.24, 2.45) is 5.73 Å². The number of amides is 2. The van der Waals surface area contributed by atoms with Gasteiger partial charge >= 0.3 is 6.03 Å². The average Bonchev–Trinajstić information content (AvgIpc) is 2.65. The van der Waals surface area contributed by atoms with Gasteiger partial charge < -0.3 is 5.73 Å². The zero-order chi connectivity index (χ0) is 13.3.